The van der Waals surface area contributed by atoms with E-state index in [0.717, 1.165) is 17.5 Å². The molecule has 144 valence electrons. The van der Waals surface area contributed by atoms with Crippen LogP contribution >= 0.6 is 12.4 Å². The van der Waals surface area contributed by atoms with Gasteiger partial charge in [-0.2, -0.15) is 0 Å². The van der Waals surface area contributed by atoms with E-state index in [2.05, 4.69) is 5.32 Å². The highest BCUT2D eigenvalue weighted by atomic mass is 35.5. The second-order valence-electron chi connectivity index (χ2n) is 6.34. The molecule has 8 heteroatoms. The van der Waals surface area contributed by atoms with Gasteiger partial charge >= 0.3 is 5.97 Å². The molecule has 1 amide bonds. The highest BCUT2D eigenvalue weighted by Crippen LogP contribution is 2.40. The third kappa shape index (κ3) is 3.73. The quantitative estimate of drug-likeness (QED) is 0.772. The smallest absolute Gasteiger partial charge is 0.307 e. The number of amides is 1. The van der Waals surface area contributed by atoms with E-state index in [4.69, 9.17) is 14.2 Å². The maximum atomic E-state index is 12.8. The highest BCUT2D eigenvalue weighted by Gasteiger charge is 2.38. The molecule has 0 aliphatic carbocycles. The first-order chi connectivity index (χ1) is 12.1. The van der Waals surface area contributed by atoms with Crippen LogP contribution in [-0.2, 0) is 20.7 Å². The van der Waals surface area contributed by atoms with Crippen molar-refractivity contribution in [1.82, 2.24) is 10.2 Å². The van der Waals surface area contributed by atoms with Crippen molar-refractivity contribution in [2.24, 2.45) is 5.92 Å². The first-order valence-electron chi connectivity index (χ1n) is 8.41. The first-order valence-corrected chi connectivity index (χ1v) is 8.41. The van der Waals surface area contributed by atoms with Crippen molar-refractivity contribution >= 4 is 24.3 Å². The van der Waals surface area contributed by atoms with Crippen molar-refractivity contribution in [2.75, 3.05) is 41.0 Å². The number of nitrogens with zero attached hydrogens (tertiary/aromatic N) is 1. The van der Waals surface area contributed by atoms with Gasteiger partial charge in [0.05, 0.1) is 39.7 Å². The molecule has 1 fully saturated rings. The molecule has 0 aromatic heterocycles. The summed E-state index contributed by atoms with van der Waals surface area (Å²) in [6.07, 6.45) is 0.851. The lowest BCUT2D eigenvalue weighted by molar-refractivity contribution is -0.146. The summed E-state index contributed by atoms with van der Waals surface area (Å²) >= 11 is 0. The Labute approximate surface area is 159 Å². The average molecular weight is 385 g/mol. The lowest BCUT2D eigenvalue weighted by atomic mass is 9.88. The number of methoxy groups -OCH3 is 3. The van der Waals surface area contributed by atoms with E-state index in [1.807, 2.05) is 17.0 Å². The van der Waals surface area contributed by atoms with E-state index in [9.17, 15) is 9.59 Å². The number of ether oxygens (including phenoxy) is 3. The zero-order valence-corrected chi connectivity index (χ0v) is 16.1. The number of carbonyl (C=O) groups is 2. The van der Waals surface area contributed by atoms with E-state index < -0.39 is 0 Å². The van der Waals surface area contributed by atoms with Gasteiger partial charge in [0, 0.05) is 19.6 Å². The van der Waals surface area contributed by atoms with Crippen LogP contribution in [0.25, 0.3) is 0 Å². The molecule has 1 unspecified atom stereocenters. The Bertz CT molecular complexity index is 678. The van der Waals surface area contributed by atoms with Crippen molar-refractivity contribution < 1.29 is 23.8 Å². The van der Waals surface area contributed by atoms with Crippen LogP contribution in [0.4, 0.5) is 0 Å². The van der Waals surface area contributed by atoms with Gasteiger partial charge in [0.1, 0.15) is 0 Å². The molecule has 1 saturated heterocycles. The van der Waals surface area contributed by atoms with Gasteiger partial charge in [-0.1, -0.05) is 0 Å². The zero-order valence-electron chi connectivity index (χ0n) is 15.2. The number of carbonyl (C=O) groups excluding carboxylic acids is 2. The summed E-state index contributed by atoms with van der Waals surface area (Å²) in [7, 11) is 4.53. The maximum Gasteiger partial charge on any atom is 0.307 e. The SMILES string of the molecule is COC(=O)CC1c2cc(OC)c(OC)cc2CCN1C(=O)C1CNC1.Cl. The van der Waals surface area contributed by atoms with Gasteiger partial charge in [-0.25, -0.2) is 0 Å². The van der Waals surface area contributed by atoms with E-state index in [0.29, 0.717) is 31.1 Å². The largest absolute Gasteiger partial charge is 0.493 e. The number of halogens is 1. The molecule has 0 bridgehead atoms. The fraction of sp³-hybridized carbons (Fsp3) is 0.556. The van der Waals surface area contributed by atoms with Crippen LogP contribution in [0.1, 0.15) is 23.6 Å². The monoisotopic (exact) mass is 384 g/mol. The topological polar surface area (TPSA) is 77.1 Å². The fourth-order valence-corrected chi connectivity index (χ4v) is 3.45. The van der Waals surface area contributed by atoms with Crippen molar-refractivity contribution in [3.05, 3.63) is 23.3 Å². The van der Waals surface area contributed by atoms with E-state index >= 15 is 0 Å². The first kappa shape index (κ1) is 20.3. The van der Waals surface area contributed by atoms with Crippen molar-refractivity contribution in [2.45, 2.75) is 18.9 Å². The van der Waals surface area contributed by atoms with Gasteiger partial charge in [0.25, 0.3) is 0 Å². The maximum absolute atomic E-state index is 12.8. The second kappa shape index (κ2) is 8.60. The number of benzene rings is 1. The van der Waals surface area contributed by atoms with Crippen molar-refractivity contribution in [3.8, 4) is 11.5 Å². The predicted molar refractivity (Wildman–Crippen MR) is 97.9 cm³/mol. The van der Waals surface area contributed by atoms with Gasteiger partial charge in [-0.05, 0) is 29.7 Å². The van der Waals surface area contributed by atoms with Gasteiger partial charge < -0.3 is 24.4 Å². The Hall–Kier alpha value is -1.99. The minimum Gasteiger partial charge on any atom is -0.493 e. The van der Waals surface area contributed by atoms with Gasteiger partial charge in [-0.3, -0.25) is 9.59 Å². The van der Waals surface area contributed by atoms with Crippen LogP contribution in [0.15, 0.2) is 12.1 Å². The molecule has 0 spiro atoms. The summed E-state index contributed by atoms with van der Waals surface area (Å²) < 4.78 is 15.6. The molecule has 1 aromatic rings. The molecule has 1 N–H and O–H groups in total. The van der Waals surface area contributed by atoms with Crippen molar-refractivity contribution in [3.63, 3.8) is 0 Å². The molecule has 2 aliphatic heterocycles. The summed E-state index contributed by atoms with van der Waals surface area (Å²) in [6, 6.07) is 3.47. The summed E-state index contributed by atoms with van der Waals surface area (Å²) in [4.78, 5) is 26.6. The average Bonchev–Trinajstić information content (AvgIpc) is 2.58. The Morgan fingerprint density at radius 2 is 1.81 bits per heavy atom. The van der Waals surface area contributed by atoms with Crippen molar-refractivity contribution in [1.29, 1.82) is 0 Å². The molecular formula is C18H25ClN2O5. The molecule has 2 heterocycles. The number of rotatable bonds is 5. The Morgan fingerprint density at radius 3 is 2.35 bits per heavy atom. The predicted octanol–water partition coefficient (Wildman–Crippen LogP) is 1.33. The van der Waals surface area contributed by atoms with Crippen LogP contribution in [0.3, 0.4) is 0 Å². The number of nitrogens with one attached hydrogen (secondary N) is 1. The molecule has 7 nitrogen and oxygen atoms in total. The number of esters is 1. The number of hydrogen-bond donors (Lipinski definition) is 1. The third-order valence-electron chi connectivity index (χ3n) is 5.00. The van der Waals surface area contributed by atoms with E-state index in [1.165, 1.54) is 7.11 Å². The molecule has 26 heavy (non-hydrogen) atoms. The lowest BCUT2D eigenvalue weighted by Crippen LogP contribution is -2.54. The number of hydrogen-bond acceptors (Lipinski definition) is 6. The van der Waals surface area contributed by atoms with Gasteiger partial charge in [-0.15, -0.1) is 12.4 Å². The summed E-state index contributed by atoms with van der Waals surface area (Å²) in [5, 5.41) is 3.12. The molecule has 0 saturated carbocycles. The minimum absolute atomic E-state index is 0. The van der Waals surface area contributed by atoms with Crippen LogP contribution in [-0.4, -0.2) is 57.7 Å². The minimum atomic E-state index is -0.343. The van der Waals surface area contributed by atoms with Crippen LogP contribution < -0.4 is 14.8 Å². The van der Waals surface area contributed by atoms with Crippen LogP contribution in [0, 0.1) is 5.92 Å². The Balaban J connectivity index is 0.00000243. The van der Waals surface area contributed by atoms with E-state index in [1.54, 1.807) is 14.2 Å². The molecule has 3 rings (SSSR count). The summed E-state index contributed by atoms with van der Waals surface area (Å²) in [5.74, 6) is 0.990. The second-order valence-corrected chi connectivity index (χ2v) is 6.34. The summed E-state index contributed by atoms with van der Waals surface area (Å²) in [5.41, 5.74) is 2.00. The fourth-order valence-electron chi connectivity index (χ4n) is 3.45. The number of fused-ring (bicyclic) bond motifs is 1. The molecule has 1 aromatic carbocycles. The standard InChI is InChI=1S/C18H24N2O5.ClH/c1-23-15-6-11-4-5-20(18(22)12-9-19-10-12)14(8-17(21)25-3)13(11)7-16(15)24-2;/h6-7,12,14,19H,4-5,8-10H2,1-3H3;1H. The van der Waals surface area contributed by atoms with E-state index in [-0.39, 0.29) is 42.7 Å². The molecule has 0 radical (unpaired) electrons. The van der Waals surface area contributed by atoms with Gasteiger partial charge in [0.15, 0.2) is 11.5 Å². The lowest BCUT2D eigenvalue weighted by Gasteiger charge is -2.41. The van der Waals surface area contributed by atoms with Crippen LogP contribution in [0.5, 0.6) is 11.5 Å². The Morgan fingerprint density at radius 1 is 1.15 bits per heavy atom. The zero-order chi connectivity index (χ0) is 18.0. The normalized spacial score (nSPS) is 18.9. The van der Waals surface area contributed by atoms with Gasteiger partial charge in [0.2, 0.25) is 5.91 Å². The van der Waals surface area contributed by atoms with Crippen LogP contribution in [0.2, 0.25) is 0 Å². The molecular weight excluding hydrogens is 360 g/mol. The molecule has 2 aliphatic rings. The molecule has 1 atom stereocenters. The summed E-state index contributed by atoms with van der Waals surface area (Å²) in [6.45, 7) is 1.97. The highest BCUT2D eigenvalue weighted by molar-refractivity contribution is 5.85. The third-order valence-corrected chi connectivity index (χ3v) is 5.00. The Kier molecular flexibility index (Phi) is 6.72.